The number of nitrogens with one attached hydrogen (secondary N) is 1. The van der Waals surface area contributed by atoms with Crippen LogP contribution in [0.15, 0.2) is 42.5 Å². The Balaban J connectivity index is 1.57. The molecule has 1 N–H and O–H groups in total. The maximum Gasteiger partial charge on any atom is 0.433 e. The number of benzene rings is 1. The average molecular weight is 429 g/mol. The van der Waals surface area contributed by atoms with Gasteiger partial charge < -0.3 is 15.0 Å². The van der Waals surface area contributed by atoms with E-state index < -0.39 is 30.2 Å². The van der Waals surface area contributed by atoms with Crippen LogP contribution < -0.4 is 15.0 Å². The zero-order valence-electron chi connectivity index (χ0n) is 16.0. The van der Waals surface area contributed by atoms with E-state index in [0.717, 1.165) is 6.07 Å². The molecule has 0 aliphatic carbocycles. The Morgan fingerprint density at radius 3 is 2.53 bits per heavy atom. The number of carbonyl (C=O) groups excluding carboxylic acids is 1. The van der Waals surface area contributed by atoms with E-state index >= 15 is 0 Å². The summed E-state index contributed by atoms with van der Waals surface area (Å²) in [4.78, 5) is 16.5. The zero-order valence-corrected chi connectivity index (χ0v) is 16.0. The van der Waals surface area contributed by atoms with Gasteiger partial charge in [-0.05, 0) is 36.8 Å². The molecule has 162 valence electrons. The summed E-state index contributed by atoms with van der Waals surface area (Å²) in [5, 5.41) is 2.20. The van der Waals surface area contributed by atoms with Crippen molar-refractivity contribution in [2.45, 2.75) is 38.1 Å². The summed E-state index contributed by atoms with van der Waals surface area (Å²) in [6, 6.07) is 9.83. The highest BCUT2D eigenvalue weighted by atomic mass is 19.4. The lowest BCUT2D eigenvalue weighted by Gasteiger charge is -2.19. The lowest BCUT2D eigenvalue weighted by molar-refractivity contribution is -0.141. The fourth-order valence-electron chi connectivity index (χ4n) is 3.18. The molecule has 1 fully saturated rings. The van der Waals surface area contributed by atoms with Crippen molar-refractivity contribution in [2.24, 2.45) is 0 Å². The summed E-state index contributed by atoms with van der Waals surface area (Å²) in [6.45, 7) is 2.48. The molecular weight excluding hydrogens is 409 g/mol. The van der Waals surface area contributed by atoms with E-state index in [9.17, 15) is 26.7 Å². The Morgan fingerprint density at radius 2 is 1.90 bits per heavy atom. The van der Waals surface area contributed by atoms with Crippen molar-refractivity contribution < 1.29 is 31.5 Å². The number of carbonyl (C=O) groups is 1. The molecule has 30 heavy (non-hydrogen) atoms. The molecule has 2 heterocycles. The molecule has 1 aliphatic rings. The smallest absolute Gasteiger partial charge is 0.433 e. The first-order valence-corrected chi connectivity index (χ1v) is 9.28. The highest BCUT2D eigenvalue weighted by Gasteiger charge is 2.33. The molecule has 1 amide bonds. The monoisotopic (exact) mass is 429 g/mol. The van der Waals surface area contributed by atoms with E-state index in [4.69, 9.17) is 4.74 Å². The van der Waals surface area contributed by atoms with Gasteiger partial charge in [0.15, 0.2) is 0 Å². The standard InChI is InChI=1S/C20H20F5N3O2/c1-12(26-19(29)18(21)22)13-5-7-14(8-6-13)30-15-9-10-28(11-15)17-4-2-3-16(27-17)20(23,24)25/h2-8,12,15,18H,9-11H2,1H3,(H,26,29)/t12-,15?/m0/s1. The first-order chi connectivity index (χ1) is 14.1. The van der Waals surface area contributed by atoms with Gasteiger partial charge in [0.1, 0.15) is 23.4 Å². The van der Waals surface area contributed by atoms with Crippen LogP contribution in [-0.4, -0.2) is 36.5 Å². The van der Waals surface area contributed by atoms with Crippen LogP contribution in [0.5, 0.6) is 5.75 Å². The van der Waals surface area contributed by atoms with Crippen molar-refractivity contribution in [3.63, 3.8) is 0 Å². The van der Waals surface area contributed by atoms with E-state index in [0.29, 0.717) is 30.8 Å². The highest BCUT2D eigenvalue weighted by molar-refractivity contribution is 5.79. The number of nitrogens with zero attached hydrogens (tertiary/aromatic N) is 2. The number of anilines is 1. The molecule has 0 saturated carbocycles. The van der Waals surface area contributed by atoms with E-state index in [1.165, 1.54) is 12.1 Å². The van der Waals surface area contributed by atoms with E-state index in [1.54, 1.807) is 36.1 Å². The van der Waals surface area contributed by atoms with Crippen molar-refractivity contribution in [1.29, 1.82) is 0 Å². The van der Waals surface area contributed by atoms with Gasteiger partial charge in [0.2, 0.25) is 0 Å². The van der Waals surface area contributed by atoms with Gasteiger partial charge in [0.05, 0.1) is 12.6 Å². The maximum absolute atomic E-state index is 12.9. The fourth-order valence-corrected chi connectivity index (χ4v) is 3.18. The van der Waals surface area contributed by atoms with Crippen LogP contribution in [0.4, 0.5) is 27.8 Å². The van der Waals surface area contributed by atoms with Gasteiger partial charge in [-0.3, -0.25) is 4.79 Å². The first-order valence-electron chi connectivity index (χ1n) is 9.28. The summed E-state index contributed by atoms with van der Waals surface area (Å²) >= 11 is 0. The molecule has 5 nitrogen and oxygen atoms in total. The largest absolute Gasteiger partial charge is 0.489 e. The normalized spacial score (nSPS) is 17.8. The minimum atomic E-state index is -4.50. The third kappa shape index (κ3) is 5.37. The lowest BCUT2D eigenvalue weighted by atomic mass is 10.1. The van der Waals surface area contributed by atoms with E-state index in [2.05, 4.69) is 10.3 Å². The van der Waals surface area contributed by atoms with E-state index in [1.807, 2.05) is 0 Å². The summed E-state index contributed by atoms with van der Waals surface area (Å²) in [5.74, 6) is -0.554. The quantitative estimate of drug-likeness (QED) is 0.700. The topological polar surface area (TPSA) is 54.5 Å². The Kier molecular flexibility index (Phi) is 6.42. The van der Waals surface area contributed by atoms with Gasteiger partial charge >= 0.3 is 12.6 Å². The molecule has 2 aromatic rings. The van der Waals surface area contributed by atoms with Gasteiger partial charge in [0.25, 0.3) is 5.91 Å². The molecule has 0 bridgehead atoms. The predicted molar refractivity (Wildman–Crippen MR) is 99.5 cm³/mol. The number of amides is 1. The van der Waals surface area contributed by atoms with E-state index in [-0.39, 0.29) is 11.9 Å². The van der Waals surface area contributed by atoms with Crippen LogP contribution in [0.3, 0.4) is 0 Å². The second kappa shape index (κ2) is 8.85. The van der Waals surface area contributed by atoms with Crippen LogP contribution in [0.1, 0.15) is 30.6 Å². The number of ether oxygens (including phenoxy) is 1. The Bertz CT molecular complexity index is 873. The molecule has 2 atom stereocenters. The summed E-state index contributed by atoms with van der Waals surface area (Å²) < 4.78 is 69.1. The Labute approximate surface area is 169 Å². The first kappa shape index (κ1) is 21.8. The van der Waals surface area contributed by atoms with Gasteiger partial charge in [-0.25, -0.2) is 4.98 Å². The third-order valence-electron chi connectivity index (χ3n) is 4.73. The number of hydrogen-bond donors (Lipinski definition) is 1. The molecule has 1 saturated heterocycles. The minimum Gasteiger partial charge on any atom is -0.489 e. The van der Waals surface area contributed by atoms with Crippen LogP contribution in [0.25, 0.3) is 0 Å². The van der Waals surface area contributed by atoms with Gasteiger partial charge in [-0.1, -0.05) is 18.2 Å². The van der Waals surface area contributed by atoms with Crippen LogP contribution in [0.2, 0.25) is 0 Å². The Hall–Kier alpha value is -2.91. The molecule has 1 unspecified atom stereocenters. The van der Waals surface area contributed by atoms with Gasteiger partial charge in [-0.15, -0.1) is 0 Å². The second-order valence-electron chi connectivity index (χ2n) is 6.95. The van der Waals surface area contributed by atoms with Crippen molar-refractivity contribution >= 4 is 11.7 Å². The number of rotatable bonds is 6. The van der Waals surface area contributed by atoms with Crippen molar-refractivity contribution in [3.8, 4) is 5.75 Å². The minimum absolute atomic E-state index is 0.233. The summed E-state index contributed by atoms with van der Waals surface area (Å²) in [7, 11) is 0. The lowest BCUT2D eigenvalue weighted by Crippen LogP contribution is -2.31. The maximum atomic E-state index is 12.9. The molecule has 0 radical (unpaired) electrons. The third-order valence-corrected chi connectivity index (χ3v) is 4.73. The number of aromatic nitrogens is 1. The molecular formula is C20H20F5N3O2. The van der Waals surface area contributed by atoms with Crippen LogP contribution in [-0.2, 0) is 11.0 Å². The second-order valence-corrected chi connectivity index (χ2v) is 6.95. The number of alkyl halides is 5. The number of hydrogen-bond acceptors (Lipinski definition) is 4. The van der Waals surface area contributed by atoms with Gasteiger partial charge in [-0.2, -0.15) is 22.0 Å². The average Bonchev–Trinajstić information content (AvgIpc) is 3.16. The van der Waals surface area contributed by atoms with Gasteiger partial charge in [0, 0.05) is 13.0 Å². The highest BCUT2D eigenvalue weighted by Crippen LogP contribution is 2.30. The molecule has 10 heteroatoms. The molecule has 1 aromatic heterocycles. The predicted octanol–water partition coefficient (Wildman–Crippen LogP) is 4.20. The van der Waals surface area contributed by atoms with Crippen molar-refractivity contribution in [1.82, 2.24) is 10.3 Å². The summed E-state index contributed by atoms with van der Waals surface area (Å²) in [5.41, 5.74) is -0.300. The zero-order chi connectivity index (χ0) is 21.9. The number of pyridine rings is 1. The SMILES string of the molecule is C[C@H](NC(=O)C(F)F)c1ccc(OC2CCN(c3cccc(C(F)(F)F)n3)C2)cc1. The molecule has 1 aromatic carbocycles. The number of halogens is 5. The Morgan fingerprint density at radius 1 is 1.20 bits per heavy atom. The van der Waals surface area contributed by atoms with Crippen molar-refractivity contribution in [2.75, 3.05) is 18.0 Å². The van der Waals surface area contributed by atoms with Crippen LogP contribution in [0, 0.1) is 0 Å². The van der Waals surface area contributed by atoms with Crippen molar-refractivity contribution in [3.05, 3.63) is 53.7 Å². The van der Waals surface area contributed by atoms with Crippen LogP contribution >= 0.6 is 0 Å². The molecule has 0 spiro atoms. The summed E-state index contributed by atoms with van der Waals surface area (Å²) in [6.07, 6.45) is -7.20. The molecule has 3 rings (SSSR count). The molecule has 1 aliphatic heterocycles. The fraction of sp³-hybridized carbons (Fsp3) is 0.400.